The van der Waals surface area contributed by atoms with E-state index >= 15 is 0 Å². The molecule has 0 bridgehead atoms. The van der Waals surface area contributed by atoms with E-state index in [0.29, 0.717) is 11.1 Å². The molecule has 3 N–H and O–H groups in total. The SMILES string of the molecule is CNC(=O)CCc1ccc(Nc2nc3ccccc3[nH]2)c(C(F)(F)F)c1. The first-order chi connectivity index (χ1) is 12.4. The number of alkyl halides is 3. The quantitative estimate of drug-likeness (QED) is 0.642. The monoisotopic (exact) mass is 362 g/mol. The molecule has 1 aromatic heterocycles. The third-order valence-corrected chi connectivity index (χ3v) is 3.95. The van der Waals surface area contributed by atoms with Crippen LogP contribution in [0.4, 0.5) is 24.8 Å². The number of fused-ring (bicyclic) bond motifs is 1. The maximum atomic E-state index is 13.5. The van der Waals surface area contributed by atoms with Crippen molar-refractivity contribution >= 4 is 28.6 Å². The van der Waals surface area contributed by atoms with Crippen LogP contribution in [0.5, 0.6) is 0 Å². The average molecular weight is 362 g/mol. The number of anilines is 2. The summed E-state index contributed by atoms with van der Waals surface area (Å²) in [6.07, 6.45) is -4.17. The first-order valence-electron chi connectivity index (χ1n) is 7.99. The summed E-state index contributed by atoms with van der Waals surface area (Å²) in [6, 6.07) is 11.2. The number of hydrogen-bond donors (Lipinski definition) is 3. The Balaban J connectivity index is 1.89. The van der Waals surface area contributed by atoms with E-state index in [4.69, 9.17) is 0 Å². The van der Waals surface area contributed by atoms with E-state index in [1.165, 1.54) is 13.1 Å². The molecule has 136 valence electrons. The fourth-order valence-electron chi connectivity index (χ4n) is 2.61. The number of imidazole rings is 1. The summed E-state index contributed by atoms with van der Waals surface area (Å²) in [5.74, 6) is 0.0119. The molecule has 0 aliphatic rings. The molecule has 0 saturated carbocycles. The number of carbonyl (C=O) groups excluding carboxylic acids is 1. The van der Waals surface area contributed by atoms with Gasteiger partial charge >= 0.3 is 6.18 Å². The smallest absolute Gasteiger partial charge is 0.359 e. The fourth-order valence-corrected chi connectivity index (χ4v) is 2.61. The second kappa shape index (κ2) is 7.07. The second-order valence-electron chi connectivity index (χ2n) is 5.78. The van der Waals surface area contributed by atoms with Crippen molar-refractivity contribution in [1.82, 2.24) is 15.3 Å². The Morgan fingerprint density at radius 2 is 1.96 bits per heavy atom. The molecular formula is C18H17F3N4O. The number of aromatic nitrogens is 2. The predicted molar refractivity (Wildman–Crippen MR) is 93.2 cm³/mol. The van der Waals surface area contributed by atoms with Gasteiger partial charge in [0.1, 0.15) is 0 Å². The lowest BCUT2D eigenvalue weighted by atomic mass is 10.0. The highest BCUT2D eigenvalue weighted by Gasteiger charge is 2.34. The number of para-hydroxylation sites is 2. The predicted octanol–water partition coefficient (Wildman–Crippen LogP) is 4.00. The zero-order chi connectivity index (χ0) is 18.7. The fraction of sp³-hybridized carbons (Fsp3) is 0.222. The van der Waals surface area contributed by atoms with Crippen LogP contribution in [0.1, 0.15) is 17.5 Å². The summed E-state index contributed by atoms with van der Waals surface area (Å²) < 4.78 is 40.4. The molecule has 0 spiro atoms. The Kier molecular flexibility index (Phi) is 4.83. The van der Waals surface area contributed by atoms with Crippen molar-refractivity contribution < 1.29 is 18.0 Å². The standard InChI is InChI=1S/C18H17F3N4O/c1-22-16(26)9-7-11-6-8-13(12(10-11)18(19,20)21)23-17-24-14-4-2-3-5-15(14)25-17/h2-6,8,10H,7,9H2,1H3,(H,22,26)(H2,23,24,25). The Bertz CT molecular complexity index is 901. The zero-order valence-electron chi connectivity index (χ0n) is 13.9. The number of halogens is 3. The van der Waals surface area contributed by atoms with E-state index in [0.717, 1.165) is 11.6 Å². The number of aryl methyl sites for hydroxylation is 1. The molecule has 0 atom stereocenters. The van der Waals surface area contributed by atoms with Gasteiger partial charge in [0.2, 0.25) is 11.9 Å². The van der Waals surface area contributed by atoms with E-state index in [2.05, 4.69) is 20.6 Å². The van der Waals surface area contributed by atoms with Crippen molar-refractivity contribution in [3.8, 4) is 0 Å². The number of nitrogens with one attached hydrogen (secondary N) is 3. The molecule has 2 aromatic carbocycles. The van der Waals surface area contributed by atoms with Crippen LogP contribution in [0, 0.1) is 0 Å². The van der Waals surface area contributed by atoms with Crippen LogP contribution >= 0.6 is 0 Å². The van der Waals surface area contributed by atoms with Crippen molar-refractivity contribution in [2.45, 2.75) is 19.0 Å². The van der Waals surface area contributed by atoms with E-state index in [-0.39, 0.29) is 30.4 Å². The number of H-pyrrole nitrogens is 1. The first-order valence-corrected chi connectivity index (χ1v) is 7.99. The van der Waals surface area contributed by atoms with Crippen LogP contribution in [0.2, 0.25) is 0 Å². The summed E-state index contributed by atoms with van der Waals surface area (Å²) in [5.41, 5.74) is 0.931. The number of nitrogens with zero attached hydrogens (tertiary/aromatic N) is 1. The lowest BCUT2D eigenvalue weighted by molar-refractivity contribution is -0.137. The number of rotatable bonds is 5. The molecule has 1 amide bonds. The summed E-state index contributed by atoms with van der Waals surface area (Å²) in [7, 11) is 1.49. The molecule has 5 nitrogen and oxygen atoms in total. The van der Waals surface area contributed by atoms with Crippen molar-refractivity contribution in [2.24, 2.45) is 0 Å². The number of amides is 1. The Hall–Kier alpha value is -3.03. The van der Waals surface area contributed by atoms with Crippen molar-refractivity contribution in [1.29, 1.82) is 0 Å². The number of hydrogen-bond acceptors (Lipinski definition) is 3. The lowest BCUT2D eigenvalue weighted by Crippen LogP contribution is -2.18. The molecule has 0 unspecified atom stereocenters. The second-order valence-corrected chi connectivity index (χ2v) is 5.78. The van der Waals surface area contributed by atoms with Gasteiger partial charge < -0.3 is 15.6 Å². The third-order valence-electron chi connectivity index (χ3n) is 3.95. The molecule has 1 heterocycles. The minimum absolute atomic E-state index is 0.0970. The average Bonchev–Trinajstić information content (AvgIpc) is 3.01. The van der Waals surface area contributed by atoms with Gasteiger partial charge in [0.05, 0.1) is 22.3 Å². The van der Waals surface area contributed by atoms with Gasteiger partial charge in [0.15, 0.2) is 0 Å². The minimum Gasteiger partial charge on any atom is -0.359 e. The van der Waals surface area contributed by atoms with Crippen molar-refractivity contribution in [3.05, 3.63) is 53.6 Å². The van der Waals surface area contributed by atoms with E-state index in [9.17, 15) is 18.0 Å². The molecule has 0 aliphatic carbocycles. The Labute approximate surface area is 147 Å². The molecule has 0 aliphatic heterocycles. The van der Waals surface area contributed by atoms with E-state index < -0.39 is 11.7 Å². The third kappa shape index (κ3) is 3.96. The molecule has 0 radical (unpaired) electrons. The van der Waals surface area contributed by atoms with Gasteiger partial charge in [-0.2, -0.15) is 13.2 Å². The molecule has 3 aromatic rings. The van der Waals surface area contributed by atoms with E-state index in [1.54, 1.807) is 24.3 Å². The maximum Gasteiger partial charge on any atom is 0.418 e. The van der Waals surface area contributed by atoms with Gasteiger partial charge in [-0.1, -0.05) is 18.2 Å². The summed E-state index contributed by atoms with van der Waals surface area (Å²) in [5, 5.41) is 5.16. The van der Waals surface area contributed by atoms with E-state index in [1.807, 2.05) is 6.07 Å². The lowest BCUT2D eigenvalue weighted by Gasteiger charge is -2.15. The minimum atomic E-state index is -4.53. The molecular weight excluding hydrogens is 345 g/mol. The first kappa shape index (κ1) is 17.8. The van der Waals surface area contributed by atoms with Crippen molar-refractivity contribution in [3.63, 3.8) is 0 Å². The maximum absolute atomic E-state index is 13.5. The highest BCUT2D eigenvalue weighted by molar-refractivity contribution is 5.78. The molecule has 26 heavy (non-hydrogen) atoms. The highest BCUT2D eigenvalue weighted by Crippen LogP contribution is 2.36. The van der Waals surface area contributed by atoms with Gasteiger partial charge in [-0.25, -0.2) is 4.98 Å². The normalized spacial score (nSPS) is 11.5. The van der Waals surface area contributed by atoms with Gasteiger partial charge in [-0.3, -0.25) is 4.79 Å². The van der Waals surface area contributed by atoms with Gasteiger partial charge in [0.25, 0.3) is 0 Å². The highest BCUT2D eigenvalue weighted by atomic mass is 19.4. The summed E-state index contributed by atoms with van der Waals surface area (Å²) in [4.78, 5) is 18.5. The topological polar surface area (TPSA) is 69.8 Å². The molecule has 8 heteroatoms. The Morgan fingerprint density at radius 1 is 1.19 bits per heavy atom. The number of carbonyl (C=O) groups is 1. The summed E-state index contributed by atoms with van der Waals surface area (Å²) >= 11 is 0. The van der Waals surface area contributed by atoms with Crippen LogP contribution in [-0.2, 0) is 17.4 Å². The molecule has 3 rings (SSSR count). The van der Waals surface area contributed by atoms with Gasteiger partial charge in [-0.15, -0.1) is 0 Å². The number of aromatic amines is 1. The van der Waals surface area contributed by atoms with Crippen LogP contribution < -0.4 is 10.6 Å². The molecule has 0 saturated heterocycles. The molecule has 0 fully saturated rings. The van der Waals surface area contributed by atoms with Crippen LogP contribution in [0.3, 0.4) is 0 Å². The van der Waals surface area contributed by atoms with Crippen LogP contribution in [0.25, 0.3) is 11.0 Å². The van der Waals surface area contributed by atoms with Crippen molar-refractivity contribution in [2.75, 3.05) is 12.4 Å². The van der Waals surface area contributed by atoms with Gasteiger partial charge in [-0.05, 0) is 36.2 Å². The largest absolute Gasteiger partial charge is 0.418 e. The van der Waals surface area contributed by atoms with Gasteiger partial charge in [0, 0.05) is 13.5 Å². The van der Waals surface area contributed by atoms with Crippen LogP contribution in [-0.4, -0.2) is 22.9 Å². The number of benzene rings is 2. The zero-order valence-corrected chi connectivity index (χ0v) is 13.9. The summed E-state index contributed by atoms with van der Waals surface area (Å²) in [6.45, 7) is 0. The van der Waals surface area contributed by atoms with Crippen LogP contribution in [0.15, 0.2) is 42.5 Å². The Morgan fingerprint density at radius 3 is 2.65 bits per heavy atom.